The Labute approximate surface area is 242 Å². The van der Waals surface area contributed by atoms with Gasteiger partial charge < -0.3 is 15.2 Å². The molecule has 1 atom stereocenters. The maximum Gasteiger partial charge on any atom is 0.330 e. The second-order valence-electron chi connectivity index (χ2n) is 10.1. The van der Waals surface area contributed by atoms with Crippen molar-refractivity contribution in [1.29, 1.82) is 0 Å². The summed E-state index contributed by atoms with van der Waals surface area (Å²) in [4.78, 5) is 38.9. The van der Waals surface area contributed by atoms with E-state index in [1.165, 1.54) is 23.5 Å². The molecule has 0 saturated carbocycles. The minimum atomic E-state index is -3.80. The lowest BCUT2D eigenvalue weighted by molar-refractivity contribution is -0.139. The second-order valence-corrected chi connectivity index (χ2v) is 12.1. The summed E-state index contributed by atoms with van der Waals surface area (Å²) >= 11 is 0. The number of nitrogens with zero attached hydrogens (tertiary/aromatic N) is 1. The van der Waals surface area contributed by atoms with Crippen LogP contribution in [0.5, 0.6) is 5.75 Å². The zero-order valence-corrected chi connectivity index (χ0v) is 23.4. The largest absolute Gasteiger partial charge is 0.497 e. The van der Waals surface area contributed by atoms with Crippen LogP contribution in [-0.2, 0) is 27.8 Å². The van der Waals surface area contributed by atoms with E-state index in [0.717, 1.165) is 5.56 Å². The number of amides is 1. The van der Waals surface area contributed by atoms with Gasteiger partial charge in [-0.05, 0) is 59.0 Å². The third-order valence-electron chi connectivity index (χ3n) is 7.76. The maximum atomic E-state index is 13.5. The fourth-order valence-corrected chi connectivity index (χ4v) is 7.01. The van der Waals surface area contributed by atoms with Crippen molar-refractivity contribution in [2.45, 2.75) is 23.9 Å². The van der Waals surface area contributed by atoms with Crippen molar-refractivity contribution in [3.8, 4) is 16.9 Å². The highest BCUT2D eigenvalue weighted by atomic mass is 32.2. The van der Waals surface area contributed by atoms with Crippen molar-refractivity contribution in [1.82, 2.24) is 9.62 Å². The average molecular weight is 583 g/mol. The lowest BCUT2D eigenvalue weighted by Crippen LogP contribution is -2.37. The first kappa shape index (κ1) is 27.4. The third-order valence-corrected chi connectivity index (χ3v) is 9.61. The van der Waals surface area contributed by atoms with Crippen molar-refractivity contribution >= 4 is 27.7 Å². The van der Waals surface area contributed by atoms with Crippen molar-refractivity contribution < 1.29 is 32.6 Å². The van der Waals surface area contributed by atoms with Crippen LogP contribution in [-0.4, -0.2) is 49.1 Å². The number of carboxylic acids is 1. The molecule has 4 aromatic rings. The number of carbonyl (C=O) groups excluding carboxylic acids is 2. The van der Waals surface area contributed by atoms with E-state index < -0.39 is 27.9 Å². The first-order chi connectivity index (χ1) is 20.2. The molecule has 6 rings (SSSR count). The predicted molar refractivity (Wildman–Crippen MR) is 154 cm³/mol. The molecule has 1 aliphatic carbocycles. The van der Waals surface area contributed by atoms with Gasteiger partial charge >= 0.3 is 5.97 Å². The predicted octanol–water partition coefficient (Wildman–Crippen LogP) is 4.21. The molecule has 0 aromatic heterocycles. The fourth-order valence-electron chi connectivity index (χ4n) is 5.59. The summed E-state index contributed by atoms with van der Waals surface area (Å²) in [5.41, 5.74) is 4.07. The van der Waals surface area contributed by atoms with Gasteiger partial charge in [0.1, 0.15) is 5.75 Å². The monoisotopic (exact) mass is 582 g/mol. The molecule has 0 spiro atoms. The Morgan fingerprint density at radius 2 is 1.62 bits per heavy atom. The van der Waals surface area contributed by atoms with Gasteiger partial charge in [0.2, 0.25) is 10.0 Å². The zero-order valence-electron chi connectivity index (χ0n) is 22.5. The van der Waals surface area contributed by atoms with Gasteiger partial charge in [-0.1, -0.05) is 54.6 Å². The second kappa shape index (κ2) is 10.6. The van der Waals surface area contributed by atoms with Crippen LogP contribution in [0, 0.1) is 0 Å². The number of fused-ring (bicyclic) bond motifs is 4. The molecule has 42 heavy (non-hydrogen) atoms. The Balaban J connectivity index is 1.28. The van der Waals surface area contributed by atoms with Gasteiger partial charge in [-0.3, -0.25) is 9.59 Å². The van der Waals surface area contributed by atoms with Crippen LogP contribution in [0.15, 0.2) is 89.8 Å². The number of hydrogen-bond acceptors (Lipinski definition) is 6. The van der Waals surface area contributed by atoms with E-state index in [9.17, 15) is 27.9 Å². The molecule has 1 amide bonds. The van der Waals surface area contributed by atoms with E-state index in [2.05, 4.69) is 5.32 Å². The quantitative estimate of drug-likeness (QED) is 0.294. The average Bonchev–Trinajstić information content (AvgIpc) is 3.31. The molecular formula is C32H26N2O7S. The summed E-state index contributed by atoms with van der Waals surface area (Å²) in [6, 6.07) is 21.6. The van der Waals surface area contributed by atoms with E-state index >= 15 is 0 Å². The number of methoxy groups -OCH3 is 1. The molecule has 9 nitrogen and oxygen atoms in total. The number of sulfonamides is 1. The summed E-state index contributed by atoms with van der Waals surface area (Å²) in [6.45, 7) is 0.335. The number of ether oxygens (including phenoxy) is 1. The Bertz CT molecular complexity index is 1870. The molecule has 2 aliphatic rings. The fraction of sp³-hybridized carbons (Fsp3) is 0.156. The number of nitrogens with one attached hydrogen (secondary N) is 1. The number of ketones is 1. The highest BCUT2D eigenvalue weighted by molar-refractivity contribution is 7.89. The van der Waals surface area contributed by atoms with Gasteiger partial charge in [0.25, 0.3) is 5.91 Å². The molecule has 1 heterocycles. The molecule has 1 aliphatic heterocycles. The van der Waals surface area contributed by atoms with Gasteiger partial charge in [-0.15, -0.1) is 0 Å². The van der Waals surface area contributed by atoms with E-state index in [4.69, 9.17) is 4.74 Å². The minimum absolute atomic E-state index is 0.0584. The smallest absolute Gasteiger partial charge is 0.330 e. The summed E-state index contributed by atoms with van der Waals surface area (Å²) in [7, 11) is -2.30. The number of benzene rings is 4. The van der Waals surface area contributed by atoms with E-state index in [1.807, 2.05) is 0 Å². The third kappa shape index (κ3) is 4.64. The molecule has 2 N–H and O–H groups in total. The molecule has 0 radical (unpaired) electrons. The van der Waals surface area contributed by atoms with Crippen LogP contribution in [0.1, 0.15) is 49.0 Å². The molecule has 0 saturated heterocycles. The SMILES string of the molecule is COc1ccc(S(=O)(=O)N2CCc3ccc(C(NC(=O)c4cccc5c4-c4ccccc4C5=O)C(=O)O)cc3C2)cc1. The summed E-state index contributed by atoms with van der Waals surface area (Å²) in [5.74, 6) is -1.55. The van der Waals surface area contributed by atoms with Crippen LogP contribution in [0.2, 0.25) is 0 Å². The number of carboxylic acid groups (broad SMARTS) is 1. The Morgan fingerprint density at radius 1 is 0.905 bits per heavy atom. The number of rotatable bonds is 7. The molecule has 212 valence electrons. The highest BCUT2D eigenvalue weighted by Gasteiger charge is 2.33. The van der Waals surface area contributed by atoms with Crippen molar-refractivity contribution in [3.05, 3.63) is 118 Å². The summed E-state index contributed by atoms with van der Waals surface area (Å²) < 4.78 is 33.2. The first-order valence-electron chi connectivity index (χ1n) is 13.3. The van der Waals surface area contributed by atoms with Gasteiger partial charge in [-0.25, -0.2) is 13.2 Å². The Morgan fingerprint density at radius 3 is 2.33 bits per heavy atom. The topological polar surface area (TPSA) is 130 Å². The lowest BCUT2D eigenvalue weighted by Gasteiger charge is -2.29. The van der Waals surface area contributed by atoms with Crippen molar-refractivity contribution in [2.75, 3.05) is 13.7 Å². The van der Waals surface area contributed by atoms with Gasteiger partial charge in [-0.2, -0.15) is 4.31 Å². The van der Waals surface area contributed by atoms with Crippen molar-refractivity contribution in [2.24, 2.45) is 0 Å². The van der Waals surface area contributed by atoms with Crippen LogP contribution < -0.4 is 10.1 Å². The first-order valence-corrected chi connectivity index (χ1v) is 14.7. The lowest BCUT2D eigenvalue weighted by atomic mass is 9.95. The van der Waals surface area contributed by atoms with Crippen LogP contribution in [0.25, 0.3) is 11.1 Å². The molecule has 4 aromatic carbocycles. The molecule has 10 heteroatoms. The normalized spacial score (nSPS) is 14.8. The molecule has 0 bridgehead atoms. The maximum absolute atomic E-state index is 13.5. The molecular weight excluding hydrogens is 556 g/mol. The van der Waals surface area contributed by atoms with E-state index in [0.29, 0.717) is 45.6 Å². The van der Waals surface area contributed by atoms with Gasteiger partial charge in [0.05, 0.1) is 12.0 Å². The summed E-state index contributed by atoms with van der Waals surface area (Å²) in [6.07, 6.45) is 0.457. The minimum Gasteiger partial charge on any atom is -0.497 e. The molecule has 1 unspecified atom stereocenters. The number of hydrogen-bond donors (Lipinski definition) is 2. The summed E-state index contributed by atoms with van der Waals surface area (Å²) in [5, 5.41) is 12.7. The molecule has 0 fully saturated rings. The van der Waals surface area contributed by atoms with Crippen LogP contribution in [0.3, 0.4) is 0 Å². The van der Waals surface area contributed by atoms with E-state index in [1.54, 1.807) is 72.8 Å². The zero-order chi connectivity index (χ0) is 29.6. The van der Waals surface area contributed by atoms with Crippen LogP contribution >= 0.6 is 0 Å². The Hall–Kier alpha value is -4.80. The number of carbonyl (C=O) groups is 3. The van der Waals surface area contributed by atoms with Crippen LogP contribution in [0.4, 0.5) is 0 Å². The van der Waals surface area contributed by atoms with Gasteiger partial charge in [0.15, 0.2) is 11.8 Å². The number of aliphatic carboxylic acids is 1. The highest BCUT2D eigenvalue weighted by Crippen LogP contribution is 2.39. The van der Waals surface area contributed by atoms with Gasteiger partial charge in [0, 0.05) is 35.3 Å². The standard InChI is InChI=1S/C32H26N2O7S/c1-41-22-11-13-23(14-12-22)42(39,40)34-16-15-19-9-10-20(17-21(19)18-34)29(32(37)38)33-31(36)27-8-4-7-26-28(27)24-5-2-3-6-25(24)30(26)35/h2-14,17,29H,15-16,18H2,1H3,(H,33,36)(H,37,38). The van der Waals surface area contributed by atoms with E-state index in [-0.39, 0.29) is 29.3 Å². The van der Waals surface area contributed by atoms with Crippen molar-refractivity contribution in [3.63, 3.8) is 0 Å². The Kier molecular flexibility index (Phi) is 6.88.